The lowest BCUT2D eigenvalue weighted by molar-refractivity contribution is -0.137. The van der Waals surface area contributed by atoms with Crippen molar-refractivity contribution in [1.29, 1.82) is 0 Å². The Morgan fingerprint density at radius 2 is 1.00 bits per heavy atom. The molecular formula is C46H26F3N5S. The number of thiophene rings is 1. The molecule has 0 aliphatic carbocycles. The van der Waals surface area contributed by atoms with Gasteiger partial charge in [-0.1, -0.05) is 115 Å². The standard InChI is InChI=1S/C46H26F3N5S/c47-46(48,49)35-26-28(22-25-39(35)53-36-18-8-6-16-31(36)33-23-24-34-32-17-7-11-21-40(32)55-42(34)41(33)53)44-50-43(27-12-2-1-3-13-27)51-45(52-44)54-37-19-9-4-14-29(37)30-15-5-10-20-38(30)54/h1-26H. The average Bonchev–Trinajstić information content (AvgIpc) is 3.88. The van der Waals surface area contributed by atoms with Crippen LogP contribution < -0.4 is 0 Å². The van der Waals surface area contributed by atoms with Crippen molar-refractivity contribution < 1.29 is 13.2 Å². The van der Waals surface area contributed by atoms with E-state index in [0.29, 0.717) is 17.3 Å². The lowest BCUT2D eigenvalue weighted by Crippen LogP contribution is -2.12. The van der Waals surface area contributed by atoms with E-state index in [-0.39, 0.29) is 17.1 Å². The van der Waals surface area contributed by atoms with E-state index in [1.54, 1.807) is 28.0 Å². The van der Waals surface area contributed by atoms with Crippen LogP contribution in [-0.4, -0.2) is 24.1 Å². The summed E-state index contributed by atoms with van der Waals surface area (Å²) in [6, 6.07) is 49.7. The van der Waals surface area contributed by atoms with Gasteiger partial charge in [-0.05, 0) is 42.5 Å². The summed E-state index contributed by atoms with van der Waals surface area (Å²) >= 11 is 1.60. The topological polar surface area (TPSA) is 48.5 Å². The molecule has 0 aliphatic rings. The number of halogens is 3. The first kappa shape index (κ1) is 31.7. The van der Waals surface area contributed by atoms with Crippen LogP contribution in [0.15, 0.2) is 158 Å². The number of rotatable bonds is 4. The Bertz CT molecular complexity index is 3270. The van der Waals surface area contributed by atoms with Gasteiger partial charge in [-0.2, -0.15) is 23.1 Å². The molecule has 0 amide bonds. The fourth-order valence-corrected chi connectivity index (χ4v) is 9.27. The highest BCUT2D eigenvalue weighted by atomic mass is 32.1. The van der Waals surface area contributed by atoms with Gasteiger partial charge in [0.15, 0.2) is 11.6 Å². The molecule has 0 spiro atoms. The van der Waals surface area contributed by atoms with Crippen LogP contribution >= 0.6 is 11.3 Å². The van der Waals surface area contributed by atoms with Gasteiger partial charge in [-0.25, -0.2) is 4.98 Å². The molecule has 9 heteroatoms. The molecule has 0 bridgehead atoms. The SMILES string of the molecule is FC(F)(F)c1cc(-c2nc(-c3ccccc3)nc(-n3c4ccccc4c4ccccc43)n2)ccc1-n1c2ccccc2c2ccc3c4ccccc4sc3c21. The smallest absolute Gasteiger partial charge is 0.307 e. The maximum absolute atomic E-state index is 15.5. The van der Waals surface area contributed by atoms with Crippen molar-refractivity contribution >= 4 is 75.1 Å². The van der Waals surface area contributed by atoms with Gasteiger partial charge >= 0.3 is 6.18 Å². The summed E-state index contributed by atoms with van der Waals surface area (Å²) in [7, 11) is 0. The first-order chi connectivity index (χ1) is 26.9. The zero-order valence-corrected chi connectivity index (χ0v) is 29.6. The summed E-state index contributed by atoms with van der Waals surface area (Å²) in [5.74, 6) is 0.806. The summed E-state index contributed by atoms with van der Waals surface area (Å²) in [4.78, 5) is 14.7. The minimum atomic E-state index is -4.71. The molecule has 262 valence electrons. The quantitative estimate of drug-likeness (QED) is 0.181. The normalized spacial score (nSPS) is 12.3. The Morgan fingerprint density at radius 3 is 1.67 bits per heavy atom. The van der Waals surface area contributed by atoms with E-state index in [2.05, 4.69) is 18.2 Å². The summed E-state index contributed by atoms with van der Waals surface area (Å²) < 4.78 is 52.4. The summed E-state index contributed by atoms with van der Waals surface area (Å²) in [5.41, 5.74) is 3.40. The van der Waals surface area contributed by atoms with Gasteiger partial charge in [0, 0.05) is 48.1 Å². The number of fused-ring (bicyclic) bond motifs is 10. The van der Waals surface area contributed by atoms with Gasteiger partial charge < -0.3 is 4.57 Å². The number of hydrogen-bond donors (Lipinski definition) is 0. The molecule has 5 nitrogen and oxygen atoms in total. The highest BCUT2D eigenvalue weighted by Crippen LogP contribution is 2.45. The molecule has 11 aromatic rings. The van der Waals surface area contributed by atoms with Crippen molar-refractivity contribution in [2.75, 3.05) is 0 Å². The second kappa shape index (κ2) is 11.8. The van der Waals surface area contributed by atoms with Crippen LogP contribution in [0.2, 0.25) is 0 Å². The number of hydrogen-bond acceptors (Lipinski definition) is 4. The van der Waals surface area contributed by atoms with Crippen molar-refractivity contribution in [2.24, 2.45) is 0 Å². The van der Waals surface area contributed by atoms with Crippen molar-refractivity contribution in [3.63, 3.8) is 0 Å². The zero-order valence-electron chi connectivity index (χ0n) is 28.8. The highest BCUT2D eigenvalue weighted by Gasteiger charge is 2.36. The van der Waals surface area contributed by atoms with Gasteiger partial charge in [-0.3, -0.25) is 4.57 Å². The predicted octanol–water partition coefficient (Wildman–Crippen LogP) is 12.8. The number of para-hydroxylation sites is 3. The molecule has 11 rings (SSSR count). The number of benzene rings is 7. The van der Waals surface area contributed by atoms with Crippen molar-refractivity contribution in [3.8, 4) is 34.4 Å². The first-order valence-electron chi connectivity index (χ1n) is 17.8. The van der Waals surface area contributed by atoms with Crippen molar-refractivity contribution in [2.45, 2.75) is 6.18 Å². The molecular weight excluding hydrogens is 712 g/mol. The molecule has 0 saturated carbocycles. The lowest BCUT2D eigenvalue weighted by Gasteiger charge is -2.18. The van der Waals surface area contributed by atoms with E-state index in [0.717, 1.165) is 63.8 Å². The third-order valence-corrected chi connectivity index (χ3v) is 11.6. The summed E-state index contributed by atoms with van der Waals surface area (Å²) in [6.45, 7) is 0. The Labute approximate surface area is 315 Å². The molecule has 55 heavy (non-hydrogen) atoms. The van der Waals surface area contributed by atoms with Crippen molar-refractivity contribution in [1.82, 2.24) is 24.1 Å². The molecule has 0 radical (unpaired) electrons. The van der Waals surface area contributed by atoms with Crippen LogP contribution in [0, 0.1) is 0 Å². The molecule has 0 atom stereocenters. The van der Waals surface area contributed by atoms with E-state index in [1.807, 2.05) is 126 Å². The second-order valence-electron chi connectivity index (χ2n) is 13.5. The van der Waals surface area contributed by atoms with Crippen molar-refractivity contribution in [3.05, 3.63) is 163 Å². The Hall–Kier alpha value is -6.84. The Kier molecular flexibility index (Phi) is 6.81. The van der Waals surface area contributed by atoms with Crippen LogP contribution in [-0.2, 0) is 6.18 Å². The zero-order chi connectivity index (χ0) is 36.8. The summed E-state index contributed by atoms with van der Waals surface area (Å²) in [5, 5.41) is 5.91. The molecule has 0 aliphatic heterocycles. The van der Waals surface area contributed by atoms with Gasteiger partial charge in [-0.15, -0.1) is 11.3 Å². The van der Waals surface area contributed by atoms with Gasteiger partial charge in [0.25, 0.3) is 0 Å². The number of nitrogens with zero attached hydrogens (tertiary/aromatic N) is 5. The van der Waals surface area contributed by atoms with Crippen LogP contribution in [0.5, 0.6) is 0 Å². The van der Waals surface area contributed by atoms with E-state index >= 15 is 13.2 Å². The minimum absolute atomic E-state index is 0.0346. The number of aromatic nitrogens is 5. The lowest BCUT2D eigenvalue weighted by atomic mass is 10.1. The monoisotopic (exact) mass is 737 g/mol. The fraction of sp³-hybridized carbons (Fsp3) is 0.0217. The molecule has 4 heterocycles. The van der Waals surface area contributed by atoms with Gasteiger partial charge in [0.1, 0.15) is 0 Å². The van der Waals surface area contributed by atoms with E-state index in [9.17, 15) is 0 Å². The predicted molar refractivity (Wildman–Crippen MR) is 217 cm³/mol. The maximum Gasteiger partial charge on any atom is 0.418 e. The molecule has 7 aromatic carbocycles. The van der Waals surface area contributed by atoms with Crippen LogP contribution in [0.1, 0.15) is 5.56 Å². The van der Waals surface area contributed by atoms with Gasteiger partial charge in [0.05, 0.1) is 38.0 Å². The molecule has 0 saturated heterocycles. The van der Waals surface area contributed by atoms with Gasteiger partial charge in [0.2, 0.25) is 5.95 Å². The fourth-order valence-electron chi connectivity index (χ4n) is 8.03. The second-order valence-corrected chi connectivity index (χ2v) is 14.6. The van der Waals surface area contributed by atoms with Crippen LogP contribution in [0.25, 0.3) is 98.2 Å². The Balaban J connectivity index is 1.19. The first-order valence-corrected chi connectivity index (χ1v) is 18.6. The average molecular weight is 738 g/mol. The third kappa shape index (κ3) is 4.83. The van der Waals surface area contributed by atoms with E-state index in [1.165, 1.54) is 6.07 Å². The Morgan fingerprint density at radius 1 is 0.455 bits per heavy atom. The van der Waals surface area contributed by atoms with E-state index in [4.69, 9.17) is 15.0 Å². The van der Waals surface area contributed by atoms with Crippen LogP contribution in [0.4, 0.5) is 13.2 Å². The largest absolute Gasteiger partial charge is 0.418 e. The molecule has 0 fully saturated rings. The minimum Gasteiger partial charge on any atom is -0.307 e. The molecule has 4 aromatic heterocycles. The van der Waals surface area contributed by atoms with E-state index < -0.39 is 11.7 Å². The summed E-state index contributed by atoms with van der Waals surface area (Å²) in [6.07, 6.45) is -4.71. The molecule has 0 N–H and O–H groups in total. The number of alkyl halides is 3. The maximum atomic E-state index is 15.5. The highest BCUT2D eigenvalue weighted by molar-refractivity contribution is 7.26. The van der Waals surface area contributed by atoms with Crippen LogP contribution in [0.3, 0.4) is 0 Å². The third-order valence-electron chi connectivity index (χ3n) is 10.4. The molecule has 0 unspecified atom stereocenters.